The molecule has 0 aromatic rings. The van der Waals surface area contributed by atoms with Gasteiger partial charge in [0.1, 0.15) is 0 Å². The Bertz CT molecular complexity index is 197. The Kier molecular flexibility index (Phi) is 3.86. The molecule has 0 aliphatic carbocycles. The van der Waals surface area contributed by atoms with Gasteiger partial charge in [0.15, 0.2) is 6.29 Å². The SMILES string of the molecule is COC(=O)[C@H]1[C@H](N)C[C@@H](OC)O[C@@H]1C. The lowest BCUT2D eigenvalue weighted by Crippen LogP contribution is -2.51. The average molecular weight is 203 g/mol. The van der Waals surface area contributed by atoms with Gasteiger partial charge in [-0.1, -0.05) is 0 Å². The molecule has 1 heterocycles. The molecule has 0 saturated carbocycles. The van der Waals surface area contributed by atoms with Gasteiger partial charge in [0, 0.05) is 19.6 Å². The number of methoxy groups -OCH3 is 2. The number of esters is 1. The van der Waals surface area contributed by atoms with Crippen LogP contribution in [0, 0.1) is 5.92 Å². The Balaban J connectivity index is 2.65. The van der Waals surface area contributed by atoms with Crippen LogP contribution in [0.4, 0.5) is 0 Å². The van der Waals surface area contributed by atoms with E-state index in [0.717, 1.165) is 0 Å². The number of hydrogen-bond donors (Lipinski definition) is 1. The van der Waals surface area contributed by atoms with Crippen molar-refractivity contribution in [3.63, 3.8) is 0 Å². The van der Waals surface area contributed by atoms with Crippen LogP contribution in [0.1, 0.15) is 13.3 Å². The zero-order chi connectivity index (χ0) is 10.7. The third kappa shape index (κ3) is 2.23. The Morgan fingerprint density at radius 1 is 1.50 bits per heavy atom. The van der Waals surface area contributed by atoms with E-state index in [1.165, 1.54) is 7.11 Å². The van der Waals surface area contributed by atoms with E-state index in [4.69, 9.17) is 15.2 Å². The van der Waals surface area contributed by atoms with Crippen LogP contribution in [-0.2, 0) is 19.0 Å². The van der Waals surface area contributed by atoms with Crippen LogP contribution in [0.3, 0.4) is 0 Å². The van der Waals surface area contributed by atoms with Crippen LogP contribution in [0.25, 0.3) is 0 Å². The predicted molar refractivity (Wildman–Crippen MR) is 49.4 cm³/mol. The smallest absolute Gasteiger partial charge is 0.312 e. The summed E-state index contributed by atoms with van der Waals surface area (Å²) in [5.41, 5.74) is 5.85. The highest BCUT2D eigenvalue weighted by Crippen LogP contribution is 2.25. The largest absolute Gasteiger partial charge is 0.469 e. The van der Waals surface area contributed by atoms with Gasteiger partial charge in [-0.15, -0.1) is 0 Å². The van der Waals surface area contributed by atoms with E-state index in [1.807, 2.05) is 0 Å². The molecule has 5 nitrogen and oxygen atoms in total. The van der Waals surface area contributed by atoms with E-state index in [2.05, 4.69) is 4.74 Å². The lowest BCUT2D eigenvalue weighted by molar-refractivity contribution is -0.205. The lowest BCUT2D eigenvalue weighted by atomic mass is 9.90. The molecule has 1 rings (SSSR count). The van der Waals surface area contributed by atoms with Crippen molar-refractivity contribution >= 4 is 5.97 Å². The van der Waals surface area contributed by atoms with E-state index in [0.29, 0.717) is 6.42 Å². The van der Waals surface area contributed by atoms with Crippen molar-refractivity contribution in [3.8, 4) is 0 Å². The van der Waals surface area contributed by atoms with Gasteiger partial charge >= 0.3 is 5.97 Å². The van der Waals surface area contributed by atoms with Crippen molar-refractivity contribution in [2.75, 3.05) is 14.2 Å². The van der Waals surface area contributed by atoms with E-state index < -0.39 is 5.92 Å². The molecule has 5 heteroatoms. The number of carbonyl (C=O) groups is 1. The topological polar surface area (TPSA) is 70.8 Å². The van der Waals surface area contributed by atoms with Gasteiger partial charge in [-0.05, 0) is 6.92 Å². The van der Waals surface area contributed by atoms with Crippen molar-refractivity contribution in [2.24, 2.45) is 11.7 Å². The second kappa shape index (κ2) is 4.72. The number of carbonyl (C=O) groups excluding carboxylic acids is 1. The molecule has 0 aromatic carbocycles. The molecule has 0 radical (unpaired) electrons. The summed E-state index contributed by atoms with van der Waals surface area (Å²) in [6.45, 7) is 1.80. The Hall–Kier alpha value is -0.650. The van der Waals surface area contributed by atoms with Crippen molar-refractivity contribution in [1.29, 1.82) is 0 Å². The first-order chi connectivity index (χ1) is 6.60. The molecule has 82 valence electrons. The monoisotopic (exact) mass is 203 g/mol. The molecule has 1 aliphatic rings. The molecule has 4 atom stereocenters. The van der Waals surface area contributed by atoms with Gasteiger partial charge in [-0.25, -0.2) is 0 Å². The minimum absolute atomic E-state index is 0.267. The molecule has 0 amide bonds. The zero-order valence-corrected chi connectivity index (χ0v) is 8.73. The second-order valence-corrected chi connectivity index (χ2v) is 3.45. The van der Waals surface area contributed by atoms with E-state index in [-0.39, 0.29) is 24.4 Å². The maximum Gasteiger partial charge on any atom is 0.312 e. The standard InChI is InChI=1S/C9H17NO4/c1-5-8(9(11)13-3)6(10)4-7(12-2)14-5/h5-8H,4,10H2,1-3H3/t5-,6-,7+,8-/m1/s1. The number of nitrogens with two attached hydrogens (primary N) is 1. The molecule has 1 fully saturated rings. The Morgan fingerprint density at radius 2 is 2.14 bits per heavy atom. The van der Waals surface area contributed by atoms with Crippen LogP contribution in [0.2, 0.25) is 0 Å². The fourth-order valence-electron chi connectivity index (χ4n) is 1.75. The van der Waals surface area contributed by atoms with Crippen LogP contribution in [-0.4, -0.2) is 38.6 Å². The third-order valence-corrected chi connectivity index (χ3v) is 2.53. The summed E-state index contributed by atoms with van der Waals surface area (Å²) in [5, 5.41) is 0. The summed E-state index contributed by atoms with van der Waals surface area (Å²) >= 11 is 0. The van der Waals surface area contributed by atoms with Crippen molar-refractivity contribution in [1.82, 2.24) is 0 Å². The summed E-state index contributed by atoms with van der Waals surface area (Å²) in [5.74, 6) is -0.717. The normalized spacial score (nSPS) is 38.0. The highest BCUT2D eigenvalue weighted by molar-refractivity contribution is 5.73. The summed E-state index contributed by atoms with van der Waals surface area (Å²) in [6.07, 6.45) is -0.0716. The molecular formula is C9H17NO4. The van der Waals surface area contributed by atoms with Gasteiger partial charge in [-0.3, -0.25) is 4.79 Å². The fourth-order valence-corrected chi connectivity index (χ4v) is 1.75. The molecule has 1 saturated heterocycles. The summed E-state index contributed by atoms with van der Waals surface area (Å²) in [6, 6.07) is -0.267. The second-order valence-electron chi connectivity index (χ2n) is 3.45. The van der Waals surface area contributed by atoms with Crippen molar-refractivity contribution in [3.05, 3.63) is 0 Å². The van der Waals surface area contributed by atoms with Crippen LogP contribution < -0.4 is 5.73 Å². The Labute approximate surface area is 83.5 Å². The number of hydrogen-bond acceptors (Lipinski definition) is 5. The summed E-state index contributed by atoms with van der Waals surface area (Å²) in [4.78, 5) is 11.4. The van der Waals surface area contributed by atoms with E-state index in [1.54, 1.807) is 14.0 Å². The minimum atomic E-state index is -0.397. The highest BCUT2D eigenvalue weighted by Gasteiger charge is 2.39. The van der Waals surface area contributed by atoms with Crippen molar-refractivity contribution < 1.29 is 19.0 Å². The maximum absolute atomic E-state index is 11.4. The molecule has 0 aromatic heterocycles. The summed E-state index contributed by atoms with van der Waals surface area (Å²) in [7, 11) is 2.91. The molecule has 0 bridgehead atoms. The van der Waals surface area contributed by atoms with Crippen LogP contribution >= 0.6 is 0 Å². The number of rotatable bonds is 2. The molecule has 14 heavy (non-hydrogen) atoms. The van der Waals surface area contributed by atoms with Crippen molar-refractivity contribution in [2.45, 2.75) is 31.8 Å². The van der Waals surface area contributed by atoms with Gasteiger partial charge in [-0.2, -0.15) is 0 Å². The zero-order valence-electron chi connectivity index (χ0n) is 8.73. The molecular weight excluding hydrogens is 186 g/mol. The summed E-state index contributed by atoms with van der Waals surface area (Å²) < 4.78 is 15.1. The van der Waals surface area contributed by atoms with E-state index in [9.17, 15) is 4.79 Å². The third-order valence-electron chi connectivity index (χ3n) is 2.53. The van der Waals surface area contributed by atoms with Crippen LogP contribution in [0.5, 0.6) is 0 Å². The minimum Gasteiger partial charge on any atom is -0.469 e. The van der Waals surface area contributed by atoms with E-state index >= 15 is 0 Å². The molecule has 2 N–H and O–H groups in total. The van der Waals surface area contributed by atoms with Gasteiger partial charge < -0.3 is 19.9 Å². The highest BCUT2D eigenvalue weighted by atomic mass is 16.7. The quantitative estimate of drug-likeness (QED) is 0.634. The lowest BCUT2D eigenvalue weighted by Gasteiger charge is -2.36. The molecule has 1 aliphatic heterocycles. The first-order valence-corrected chi connectivity index (χ1v) is 4.61. The molecule has 0 spiro atoms. The van der Waals surface area contributed by atoms with Crippen LogP contribution in [0.15, 0.2) is 0 Å². The first kappa shape index (κ1) is 11.4. The fraction of sp³-hybridized carbons (Fsp3) is 0.889. The first-order valence-electron chi connectivity index (χ1n) is 4.61. The Morgan fingerprint density at radius 3 is 2.57 bits per heavy atom. The average Bonchev–Trinajstić information content (AvgIpc) is 2.16. The number of ether oxygens (including phenoxy) is 3. The van der Waals surface area contributed by atoms with Gasteiger partial charge in [0.2, 0.25) is 0 Å². The maximum atomic E-state index is 11.4. The van der Waals surface area contributed by atoms with Gasteiger partial charge in [0.05, 0.1) is 19.1 Å². The molecule has 0 unspecified atom stereocenters. The van der Waals surface area contributed by atoms with Gasteiger partial charge in [0.25, 0.3) is 0 Å². The predicted octanol–water partition coefficient (Wildman–Crippen LogP) is -0.116.